The van der Waals surface area contributed by atoms with Gasteiger partial charge in [-0.3, -0.25) is 0 Å². The number of hydrogen-bond donors (Lipinski definition) is 1. The first-order valence-corrected chi connectivity index (χ1v) is 7.95. The fraction of sp³-hybridized carbons (Fsp3) is 0.455. The van der Waals surface area contributed by atoms with E-state index in [9.17, 15) is 8.42 Å². The van der Waals surface area contributed by atoms with E-state index in [1.165, 1.54) is 12.1 Å². The second kappa shape index (κ2) is 5.85. The summed E-state index contributed by atoms with van der Waals surface area (Å²) in [5.41, 5.74) is 0. The highest BCUT2D eigenvalue weighted by Gasteiger charge is 2.21. The minimum Gasteiger partial charge on any atom is -0.486 e. The fourth-order valence-corrected chi connectivity index (χ4v) is 3.16. The van der Waals surface area contributed by atoms with E-state index in [2.05, 4.69) is 0 Å². The van der Waals surface area contributed by atoms with E-state index in [1.54, 1.807) is 0 Å². The molecule has 0 aromatic heterocycles. The maximum atomic E-state index is 11.3. The third kappa shape index (κ3) is 3.52. The van der Waals surface area contributed by atoms with Crippen molar-refractivity contribution in [1.82, 2.24) is 0 Å². The van der Waals surface area contributed by atoms with E-state index >= 15 is 0 Å². The van der Waals surface area contributed by atoms with Crippen molar-refractivity contribution in [3.05, 3.63) is 22.2 Å². The number of primary sulfonamides is 1. The summed E-state index contributed by atoms with van der Waals surface area (Å²) in [6.07, 6.45) is 1.65. The number of rotatable bonds is 3. The van der Waals surface area contributed by atoms with Crippen LogP contribution in [0.15, 0.2) is 17.0 Å². The SMILES string of the molecule is NS(=O)(=O)c1ccc(OC2CCCOC2)c(Cl)c1Cl. The molecule has 1 saturated heterocycles. The summed E-state index contributed by atoms with van der Waals surface area (Å²) in [6, 6.07) is 2.73. The summed E-state index contributed by atoms with van der Waals surface area (Å²) in [4.78, 5) is -0.216. The molecule has 5 nitrogen and oxygen atoms in total. The highest BCUT2D eigenvalue weighted by atomic mass is 35.5. The standard InChI is InChI=1S/C11H13Cl2NO4S/c12-10-8(18-7-2-1-5-17-6-7)3-4-9(11(10)13)19(14,15)16/h3-4,7H,1-2,5-6H2,(H2,14,15,16). The minimum atomic E-state index is -3.90. The van der Waals surface area contributed by atoms with Gasteiger partial charge in [-0.1, -0.05) is 23.2 Å². The van der Waals surface area contributed by atoms with Gasteiger partial charge < -0.3 is 9.47 Å². The Labute approximate surface area is 121 Å². The van der Waals surface area contributed by atoms with Gasteiger partial charge in [-0.2, -0.15) is 0 Å². The molecule has 8 heteroatoms. The molecule has 1 fully saturated rings. The van der Waals surface area contributed by atoms with Crippen LogP contribution in [0.1, 0.15) is 12.8 Å². The molecule has 1 aromatic carbocycles. The molecule has 1 heterocycles. The average molecular weight is 326 g/mol. The molecule has 1 aliphatic rings. The topological polar surface area (TPSA) is 78.6 Å². The Kier molecular flexibility index (Phi) is 4.58. The summed E-state index contributed by atoms with van der Waals surface area (Å²) in [5.74, 6) is 0.328. The van der Waals surface area contributed by atoms with Crippen LogP contribution in [-0.2, 0) is 14.8 Å². The first kappa shape index (κ1) is 14.9. The van der Waals surface area contributed by atoms with E-state index in [-0.39, 0.29) is 21.0 Å². The van der Waals surface area contributed by atoms with Crippen molar-refractivity contribution < 1.29 is 17.9 Å². The molecule has 1 atom stereocenters. The molecule has 2 rings (SSSR count). The van der Waals surface area contributed by atoms with Gasteiger partial charge in [0.1, 0.15) is 21.8 Å². The summed E-state index contributed by atoms with van der Waals surface area (Å²) in [7, 11) is -3.90. The lowest BCUT2D eigenvalue weighted by Gasteiger charge is -2.24. The van der Waals surface area contributed by atoms with Crippen molar-refractivity contribution in [2.24, 2.45) is 5.14 Å². The van der Waals surface area contributed by atoms with E-state index in [4.69, 9.17) is 37.8 Å². The van der Waals surface area contributed by atoms with Crippen molar-refractivity contribution in [2.45, 2.75) is 23.8 Å². The molecule has 1 aromatic rings. The van der Waals surface area contributed by atoms with E-state index in [0.29, 0.717) is 12.4 Å². The Bertz CT molecular complexity index is 570. The Balaban J connectivity index is 2.26. The molecule has 0 bridgehead atoms. The van der Waals surface area contributed by atoms with Crippen LogP contribution in [0.2, 0.25) is 10.0 Å². The number of sulfonamides is 1. The minimum absolute atomic E-state index is 0.0405. The zero-order valence-corrected chi connectivity index (χ0v) is 12.3. The van der Waals surface area contributed by atoms with Crippen LogP contribution >= 0.6 is 23.2 Å². The Morgan fingerprint density at radius 2 is 2.05 bits per heavy atom. The molecule has 2 N–H and O–H groups in total. The van der Waals surface area contributed by atoms with Crippen molar-refractivity contribution in [3.8, 4) is 5.75 Å². The molecular weight excluding hydrogens is 313 g/mol. The van der Waals surface area contributed by atoms with Crippen LogP contribution < -0.4 is 9.88 Å². The lowest BCUT2D eigenvalue weighted by molar-refractivity contribution is 0.00746. The van der Waals surface area contributed by atoms with Crippen molar-refractivity contribution in [3.63, 3.8) is 0 Å². The van der Waals surface area contributed by atoms with Crippen molar-refractivity contribution >= 4 is 33.2 Å². The van der Waals surface area contributed by atoms with E-state index < -0.39 is 10.0 Å². The van der Waals surface area contributed by atoms with Gasteiger partial charge in [-0.15, -0.1) is 0 Å². The zero-order chi connectivity index (χ0) is 14.0. The number of ether oxygens (including phenoxy) is 2. The monoisotopic (exact) mass is 325 g/mol. The van der Waals surface area contributed by atoms with Gasteiger partial charge in [-0.05, 0) is 25.0 Å². The maximum Gasteiger partial charge on any atom is 0.239 e. The lowest BCUT2D eigenvalue weighted by atomic mass is 10.2. The molecule has 0 amide bonds. The maximum absolute atomic E-state index is 11.3. The largest absolute Gasteiger partial charge is 0.486 e. The number of nitrogens with two attached hydrogens (primary N) is 1. The van der Waals surface area contributed by atoms with Gasteiger partial charge in [0.05, 0.1) is 11.6 Å². The first-order valence-electron chi connectivity index (χ1n) is 5.65. The van der Waals surface area contributed by atoms with Crippen LogP contribution in [0.3, 0.4) is 0 Å². The second-order valence-electron chi connectivity index (χ2n) is 4.19. The Hall–Kier alpha value is -0.530. The Morgan fingerprint density at radius 3 is 2.63 bits per heavy atom. The zero-order valence-electron chi connectivity index (χ0n) is 9.93. The first-order chi connectivity index (χ1) is 8.89. The normalized spacial score (nSPS) is 20.3. The van der Waals surface area contributed by atoms with Crippen LogP contribution in [0.4, 0.5) is 0 Å². The smallest absolute Gasteiger partial charge is 0.239 e. The van der Waals surface area contributed by atoms with Crippen molar-refractivity contribution in [2.75, 3.05) is 13.2 Å². The van der Waals surface area contributed by atoms with Crippen LogP contribution in [-0.4, -0.2) is 27.7 Å². The van der Waals surface area contributed by atoms with Crippen LogP contribution in [0.25, 0.3) is 0 Å². The predicted octanol–water partition coefficient (Wildman–Crippen LogP) is 2.20. The van der Waals surface area contributed by atoms with Gasteiger partial charge >= 0.3 is 0 Å². The van der Waals surface area contributed by atoms with Crippen LogP contribution in [0.5, 0.6) is 5.75 Å². The molecule has 1 unspecified atom stereocenters. The van der Waals surface area contributed by atoms with Crippen molar-refractivity contribution in [1.29, 1.82) is 0 Å². The second-order valence-corrected chi connectivity index (χ2v) is 6.48. The third-order valence-electron chi connectivity index (χ3n) is 2.73. The van der Waals surface area contributed by atoms with Gasteiger partial charge in [0.25, 0.3) is 0 Å². The van der Waals surface area contributed by atoms with E-state index in [1.807, 2.05) is 0 Å². The van der Waals surface area contributed by atoms with E-state index in [0.717, 1.165) is 19.4 Å². The molecular formula is C11H13Cl2NO4S. The summed E-state index contributed by atoms with van der Waals surface area (Å²) in [5, 5.41) is 4.94. The van der Waals surface area contributed by atoms with Gasteiger partial charge in [0.2, 0.25) is 10.0 Å². The summed E-state index contributed by atoms with van der Waals surface area (Å²) in [6.45, 7) is 1.20. The molecule has 1 aliphatic heterocycles. The molecule has 0 saturated carbocycles. The quantitative estimate of drug-likeness (QED) is 0.923. The summed E-state index contributed by atoms with van der Waals surface area (Å²) < 4.78 is 33.5. The molecule has 0 spiro atoms. The Morgan fingerprint density at radius 1 is 1.32 bits per heavy atom. The number of halogens is 2. The average Bonchev–Trinajstić information content (AvgIpc) is 2.35. The fourth-order valence-electron chi connectivity index (χ4n) is 1.81. The third-order valence-corrected chi connectivity index (χ3v) is 4.66. The number of benzene rings is 1. The molecule has 0 radical (unpaired) electrons. The highest BCUT2D eigenvalue weighted by molar-refractivity contribution is 7.89. The van der Waals surface area contributed by atoms with Gasteiger partial charge in [-0.25, -0.2) is 13.6 Å². The highest BCUT2D eigenvalue weighted by Crippen LogP contribution is 2.37. The molecule has 106 valence electrons. The molecule has 19 heavy (non-hydrogen) atoms. The predicted molar refractivity (Wildman–Crippen MR) is 72.3 cm³/mol. The van der Waals surface area contributed by atoms with Crippen LogP contribution in [0, 0.1) is 0 Å². The molecule has 0 aliphatic carbocycles. The van der Waals surface area contributed by atoms with Gasteiger partial charge in [0, 0.05) is 6.61 Å². The van der Waals surface area contributed by atoms with Gasteiger partial charge in [0.15, 0.2) is 0 Å². The number of hydrogen-bond acceptors (Lipinski definition) is 4. The summed E-state index contributed by atoms with van der Waals surface area (Å²) >= 11 is 11.9. The lowest BCUT2D eigenvalue weighted by Crippen LogP contribution is -2.28.